The SMILES string of the molecule is CCCCCCCN(C(=O)C(CCC(N)=O)NC(=O)OC(C)(C)C)C(C(=O)NC(C)CCC)c1cccc(C)c1C. The first-order valence-corrected chi connectivity index (χ1v) is 15.2. The van der Waals surface area contributed by atoms with Crippen LogP contribution in [-0.4, -0.2) is 52.9 Å². The molecule has 3 atom stereocenters. The standard InChI is InChI=1S/C32H54N4O5/c1-9-11-12-13-14-21-36(30(39)26(19-20-27(33)37)35-31(40)41-32(6,7)8)28(29(38)34-23(4)16-10-2)25-18-15-17-22(3)24(25)5/h15,17-18,23,26,28H,9-14,16,19-21H2,1-8H3,(H2,33,37)(H,34,38)(H,35,40). The molecule has 9 heteroatoms. The van der Waals surface area contributed by atoms with E-state index in [0.29, 0.717) is 13.0 Å². The Bertz CT molecular complexity index is 1000. The molecule has 0 aliphatic carbocycles. The molecule has 1 aromatic carbocycles. The van der Waals surface area contributed by atoms with Crippen LogP contribution in [-0.2, 0) is 19.1 Å². The minimum absolute atomic E-state index is 0.00683. The molecule has 0 spiro atoms. The zero-order valence-electron chi connectivity index (χ0n) is 26.6. The molecule has 9 nitrogen and oxygen atoms in total. The fourth-order valence-electron chi connectivity index (χ4n) is 4.79. The summed E-state index contributed by atoms with van der Waals surface area (Å²) in [4.78, 5) is 54.3. The molecule has 0 fully saturated rings. The number of benzene rings is 1. The summed E-state index contributed by atoms with van der Waals surface area (Å²) < 4.78 is 5.42. The number of primary amides is 1. The number of rotatable bonds is 17. The van der Waals surface area contributed by atoms with Crippen molar-refractivity contribution >= 4 is 23.8 Å². The lowest BCUT2D eigenvalue weighted by Gasteiger charge is -2.36. The molecular formula is C32H54N4O5. The highest BCUT2D eigenvalue weighted by atomic mass is 16.6. The molecule has 4 N–H and O–H groups in total. The maximum atomic E-state index is 14.3. The Kier molecular flexibility index (Phi) is 15.5. The summed E-state index contributed by atoms with van der Waals surface area (Å²) in [6.07, 6.45) is 5.61. The molecule has 0 aliphatic rings. The molecule has 0 heterocycles. The first-order valence-electron chi connectivity index (χ1n) is 15.2. The van der Waals surface area contributed by atoms with Crippen molar-refractivity contribution < 1.29 is 23.9 Å². The number of carbonyl (C=O) groups is 4. The highest BCUT2D eigenvalue weighted by Crippen LogP contribution is 2.28. The van der Waals surface area contributed by atoms with Crippen molar-refractivity contribution in [3.05, 3.63) is 34.9 Å². The average Bonchev–Trinajstić information content (AvgIpc) is 2.86. The second-order valence-electron chi connectivity index (χ2n) is 12.0. The fraction of sp³-hybridized carbons (Fsp3) is 0.688. The predicted molar refractivity (Wildman–Crippen MR) is 163 cm³/mol. The number of carbonyl (C=O) groups excluding carboxylic acids is 4. The van der Waals surface area contributed by atoms with Gasteiger partial charge in [0.15, 0.2) is 0 Å². The summed E-state index contributed by atoms with van der Waals surface area (Å²) in [6, 6.07) is 3.66. The fourth-order valence-corrected chi connectivity index (χ4v) is 4.79. The topological polar surface area (TPSA) is 131 Å². The van der Waals surface area contributed by atoms with Crippen molar-refractivity contribution in [2.45, 2.75) is 137 Å². The van der Waals surface area contributed by atoms with Crippen molar-refractivity contribution in [1.82, 2.24) is 15.5 Å². The van der Waals surface area contributed by atoms with E-state index < -0.39 is 35.6 Å². The number of alkyl carbamates (subject to hydrolysis) is 1. The van der Waals surface area contributed by atoms with Gasteiger partial charge in [-0.15, -0.1) is 0 Å². The van der Waals surface area contributed by atoms with Crippen LogP contribution in [0.25, 0.3) is 0 Å². The molecule has 3 unspecified atom stereocenters. The van der Waals surface area contributed by atoms with Crippen LogP contribution in [0.2, 0.25) is 0 Å². The zero-order valence-corrected chi connectivity index (χ0v) is 26.6. The van der Waals surface area contributed by atoms with Crippen LogP contribution in [0.4, 0.5) is 4.79 Å². The van der Waals surface area contributed by atoms with Crippen LogP contribution in [0.5, 0.6) is 0 Å². The van der Waals surface area contributed by atoms with Crippen molar-refractivity contribution in [2.24, 2.45) is 5.73 Å². The third-order valence-electron chi connectivity index (χ3n) is 7.07. The third kappa shape index (κ3) is 13.0. The Labute approximate surface area is 247 Å². The first-order chi connectivity index (χ1) is 19.2. The van der Waals surface area contributed by atoms with Gasteiger partial charge in [-0.05, 0) is 77.5 Å². The van der Waals surface area contributed by atoms with Crippen LogP contribution in [0.3, 0.4) is 0 Å². The quantitative estimate of drug-likeness (QED) is 0.208. The summed E-state index contributed by atoms with van der Waals surface area (Å²) in [5.41, 5.74) is 7.31. The smallest absolute Gasteiger partial charge is 0.408 e. The number of nitrogens with zero attached hydrogens (tertiary/aromatic N) is 1. The van der Waals surface area contributed by atoms with E-state index in [1.165, 1.54) is 0 Å². The summed E-state index contributed by atoms with van der Waals surface area (Å²) in [5.74, 6) is -1.30. The van der Waals surface area contributed by atoms with Crippen molar-refractivity contribution in [2.75, 3.05) is 6.54 Å². The van der Waals surface area contributed by atoms with Gasteiger partial charge in [-0.3, -0.25) is 14.4 Å². The molecule has 0 saturated carbocycles. The van der Waals surface area contributed by atoms with E-state index in [1.54, 1.807) is 25.7 Å². The van der Waals surface area contributed by atoms with Crippen LogP contribution in [0.15, 0.2) is 18.2 Å². The van der Waals surface area contributed by atoms with E-state index in [9.17, 15) is 19.2 Å². The number of unbranched alkanes of at least 4 members (excludes halogenated alkanes) is 4. The normalized spacial score (nSPS) is 13.6. The van der Waals surface area contributed by atoms with Crippen molar-refractivity contribution in [3.8, 4) is 0 Å². The summed E-state index contributed by atoms with van der Waals surface area (Å²) in [6.45, 7) is 15.6. The first kappa shape index (κ1) is 35.9. The maximum Gasteiger partial charge on any atom is 0.408 e. The monoisotopic (exact) mass is 574 g/mol. The predicted octanol–water partition coefficient (Wildman–Crippen LogP) is 5.61. The Hall–Kier alpha value is -3.10. The van der Waals surface area contributed by atoms with Gasteiger partial charge in [0, 0.05) is 19.0 Å². The molecule has 41 heavy (non-hydrogen) atoms. The largest absolute Gasteiger partial charge is 0.444 e. The Morgan fingerprint density at radius 1 is 0.951 bits per heavy atom. The van der Waals surface area contributed by atoms with Crippen LogP contribution in [0.1, 0.15) is 122 Å². The number of amides is 4. The third-order valence-corrected chi connectivity index (χ3v) is 7.07. The van der Waals surface area contributed by atoms with Crippen LogP contribution >= 0.6 is 0 Å². The van der Waals surface area contributed by atoms with E-state index in [-0.39, 0.29) is 24.8 Å². The number of nitrogens with two attached hydrogens (primary N) is 1. The van der Waals surface area contributed by atoms with Crippen molar-refractivity contribution in [3.63, 3.8) is 0 Å². The van der Waals surface area contributed by atoms with Crippen LogP contribution < -0.4 is 16.4 Å². The summed E-state index contributed by atoms with van der Waals surface area (Å²) >= 11 is 0. The number of ether oxygens (including phenoxy) is 1. The Morgan fingerprint density at radius 2 is 1.61 bits per heavy atom. The van der Waals surface area contributed by atoms with Crippen molar-refractivity contribution in [1.29, 1.82) is 0 Å². The van der Waals surface area contributed by atoms with Gasteiger partial charge in [-0.25, -0.2) is 4.79 Å². The van der Waals surface area contributed by atoms with E-state index in [1.807, 2.05) is 39.0 Å². The molecule has 4 amide bonds. The lowest BCUT2D eigenvalue weighted by molar-refractivity contribution is -0.143. The molecule has 1 aromatic rings. The van der Waals surface area contributed by atoms with Gasteiger partial charge in [0.25, 0.3) is 0 Å². The highest BCUT2D eigenvalue weighted by molar-refractivity contribution is 5.92. The minimum Gasteiger partial charge on any atom is -0.444 e. The molecule has 0 aromatic heterocycles. The van der Waals surface area contributed by atoms with E-state index in [4.69, 9.17) is 10.5 Å². The second-order valence-corrected chi connectivity index (χ2v) is 12.0. The van der Waals surface area contributed by atoms with Gasteiger partial charge < -0.3 is 26.0 Å². The molecule has 0 aliphatic heterocycles. The molecular weight excluding hydrogens is 520 g/mol. The van der Waals surface area contributed by atoms with E-state index in [0.717, 1.165) is 55.2 Å². The zero-order chi connectivity index (χ0) is 31.2. The Balaban J connectivity index is 3.60. The summed E-state index contributed by atoms with van der Waals surface area (Å²) in [7, 11) is 0. The van der Waals surface area contributed by atoms with Crippen LogP contribution in [0, 0.1) is 13.8 Å². The maximum absolute atomic E-state index is 14.3. The average molecular weight is 575 g/mol. The van der Waals surface area contributed by atoms with Gasteiger partial charge in [0.2, 0.25) is 17.7 Å². The number of aryl methyl sites for hydroxylation is 1. The minimum atomic E-state index is -1.10. The van der Waals surface area contributed by atoms with E-state index in [2.05, 4.69) is 24.5 Å². The van der Waals surface area contributed by atoms with Gasteiger partial charge in [-0.2, -0.15) is 0 Å². The highest BCUT2D eigenvalue weighted by Gasteiger charge is 2.37. The van der Waals surface area contributed by atoms with E-state index >= 15 is 0 Å². The lowest BCUT2D eigenvalue weighted by Crippen LogP contribution is -2.54. The number of hydrogen-bond acceptors (Lipinski definition) is 5. The molecule has 0 saturated heterocycles. The molecule has 0 radical (unpaired) electrons. The number of nitrogens with one attached hydrogen (secondary N) is 2. The summed E-state index contributed by atoms with van der Waals surface area (Å²) in [5, 5.41) is 5.77. The van der Waals surface area contributed by atoms with Gasteiger partial charge >= 0.3 is 6.09 Å². The Morgan fingerprint density at radius 3 is 2.20 bits per heavy atom. The number of hydrogen-bond donors (Lipinski definition) is 3. The van der Waals surface area contributed by atoms with Gasteiger partial charge in [0.1, 0.15) is 17.7 Å². The molecule has 0 bridgehead atoms. The molecule has 232 valence electrons. The molecule has 1 rings (SSSR count). The second kappa shape index (κ2) is 17.7. The lowest BCUT2D eigenvalue weighted by atomic mass is 9.94. The van der Waals surface area contributed by atoms with Gasteiger partial charge in [0.05, 0.1) is 0 Å². The van der Waals surface area contributed by atoms with Gasteiger partial charge in [-0.1, -0.05) is 64.2 Å².